The van der Waals surface area contributed by atoms with Gasteiger partial charge in [-0.05, 0) is 39.8 Å². The third kappa shape index (κ3) is 4.51. The van der Waals surface area contributed by atoms with Crippen LogP contribution < -0.4 is 10.4 Å². The number of hydrogen-bond acceptors (Lipinski definition) is 11. The molecule has 1 fully saturated rings. The number of oxime groups is 1. The smallest absolute Gasteiger partial charge is 0.349 e. The van der Waals surface area contributed by atoms with Gasteiger partial charge in [0.1, 0.15) is 47.0 Å². The molecule has 2 aromatic rings. The zero-order valence-corrected chi connectivity index (χ0v) is 18.9. The van der Waals surface area contributed by atoms with Crippen molar-refractivity contribution in [3.8, 4) is 17.6 Å². The SMILES string of the molecule is CO[C@@H]1[C@@H](O)[C@@H](O)[C@H](Oc2ccc3c(O)c(C(C)=NOCC#N)c(=O)oc3c2C)OC1(C)C. The number of aryl methyl sites for hydroxylation is 1. The normalized spacial score (nSPS) is 25.0. The molecule has 0 saturated carbocycles. The highest BCUT2D eigenvalue weighted by Gasteiger charge is 2.50. The molecule has 178 valence electrons. The average molecular weight is 462 g/mol. The van der Waals surface area contributed by atoms with Gasteiger partial charge in [0.25, 0.3) is 0 Å². The van der Waals surface area contributed by atoms with Gasteiger partial charge in [0.05, 0.1) is 16.7 Å². The van der Waals surface area contributed by atoms with Crippen LogP contribution in [-0.4, -0.2) is 65.0 Å². The first kappa shape index (κ1) is 24.5. The highest BCUT2D eigenvalue weighted by molar-refractivity contribution is 6.04. The molecule has 3 N–H and O–H groups in total. The summed E-state index contributed by atoms with van der Waals surface area (Å²) in [7, 11) is 1.41. The zero-order valence-electron chi connectivity index (χ0n) is 18.9. The molecule has 0 spiro atoms. The summed E-state index contributed by atoms with van der Waals surface area (Å²) in [5.41, 5.74) is -1.57. The molecule has 11 heteroatoms. The van der Waals surface area contributed by atoms with Crippen LogP contribution in [0.5, 0.6) is 11.5 Å². The fraction of sp³-hybridized carbons (Fsp3) is 0.500. The molecule has 3 rings (SSSR count). The number of nitrogens with zero attached hydrogens (tertiary/aromatic N) is 2. The second-order valence-electron chi connectivity index (χ2n) is 8.13. The molecular weight excluding hydrogens is 436 g/mol. The van der Waals surface area contributed by atoms with Crippen LogP contribution in [0.2, 0.25) is 0 Å². The van der Waals surface area contributed by atoms with Crippen molar-refractivity contribution < 1.29 is 38.8 Å². The Hall–Kier alpha value is -3.17. The number of aromatic hydroxyl groups is 1. The quantitative estimate of drug-likeness (QED) is 0.247. The van der Waals surface area contributed by atoms with Gasteiger partial charge in [-0.25, -0.2) is 4.79 Å². The Morgan fingerprint density at radius 2 is 2.00 bits per heavy atom. The van der Waals surface area contributed by atoms with Crippen molar-refractivity contribution >= 4 is 16.7 Å². The van der Waals surface area contributed by atoms with E-state index >= 15 is 0 Å². The van der Waals surface area contributed by atoms with Crippen molar-refractivity contribution in [2.45, 2.75) is 57.9 Å². The zero-order chi connectivity index (χ0) is 24.5. The summed E-state index contributed by atoms with van der Waals surface area (Å²) in [6, 6.07) is 4.72. The number of fused-ring (bicyclic) bond motifs is 1. The summed E-state index contributed by atoms with van der Waals surface area (Å²) in [5, 5.41) is 44.0. The third-order valence-electron chi connectivity index (χ3n) is 5.48. The van der Waals surface area contributed by atoms with Crippen LogP contribution >= 0.6 is 0 Å². The van der Waals surface area contributed by atoms with Crippen LogP contribution in [0.1, 0.15) is 31.9 Å². The first-order valence-corrected chi connectivity index (χ1v) is 10.1. The summed E-state index contributed by atoms with van der Waals surface area (Å²) in [5.74, 6) is -0.158. The summed E-state index contributed by atoms with van der Waals surface area (Å²) >= 11 is 0. The molecule has 33 heavy (non-hydrogen) atoms. The van der Waals surface area contributed by atoms with Gasteiger partial charge >= 0.3 is 5.63 Å². The van der Waals surface area contributed by atoms with Gasteiger partial charge in [0, 0.05) is 12.7 Å². The summed E-state index contributed by atoms with van der Waals surface area (Å²) in [6.45, 7) is 6.11. The van der Waals surface area contributed by atoms with Crippen molar-refractivity contribution in [3.05, 3.63) is 33.7 Å². The van der Waals surface area contributed by atoms with Crippen molar-refractivity contribution in [3.63, 3.8) is 0 Å². The molecule has 0 aliphatic carbocycles. The second-order valence-corrected chi connectivity index (χ2v) is 8.13. The first-order valence-electron chi connectivity index (χ1n) is 10.1. The van der Waals surface area contributed by atoms with E-state index in [-0.39, 0.29) is 40.4 Å². The number of methoxy groups -OCH3 is 1. The monoisotopic (exact) mass is 462 g/mol. The molecule has 1 saturated heterocycles. The van der Waals surface area contributed by atoms with Gasteiger partial charge in [-0.15, -0.1) is 0 Å². The first-order chi connectivity index (χ1) is 15.5. The molecule has 4 atom stereocenters. The Morgan fingerprint density at radius 1 is 1.30 bits per heavy atom. The number of ether oxygens (including phenoxy) is 3. The topological polar surface area (TPSA) is 164 Å². The van der Waals surface area contributed by atoms with E-state index in [1.54, 1.807) is 26.8 Å². The Labute approximate surface area is 189 Å². The summed E-state index contributed by atoms with van der Waals surface area (Å²) in [4.78, 5) is 17.3. The van der Waals surface area contributed by atoms with E-state index in [9.17, 15) is 20.1 Å². The van der Waals surface area contributed by atoms with E-state index < -0.39 is 35.8 Å². The fourth-order valence-electron chi connectivity index (χ4n) is 3.85. The van der Waals surface area contributed by atoms with E-state index in [2.05, 4.69) is 5.16 Å². The highest BCUT2D eigenvalue weighted by Crippen LogP contribution is 2.36. The molecule has 0 bridgehead atoms. The number of nitriles is 1. The molecule has 1 aliphatic heterocycles. The van der Waals surface area contributed by atoms with E-state index in [4.69, 9.17) is 28.7 Å². The predicted octanol–water partition coefficient (Wildman–Crippen LogP) is 1.32. The summed E-state index contributed by atoms with van der Waals surface area (Å²) < 4.78 is 22.3. The van der Waals surface area contributed by atoms with Crippen LogP contribution in [0.25, 0.3) is 11.0 Å². The molecule has 1 aromatic heterocycles. The molecule has 2 heterocycles. The van der Waals surface area contributed by atoms with Crippen molar-refractivity contribution in [2.24, 2.45) is 5.16 Å². The molecule has 11 nitrogen and oxygen atoms in total. The van der Waals surface area contributed by atoms with Gasteiger partial charge in [-0.1, -0.05) is 5.16 Å². The van der Waals surface area contributed by atoms with Gasteiger partial charge in [0.2, 0.25) is 12.9 Å². The van der Waals surface area contributed by atoms with Gasteiger partial charge < -0.3 is 38.8 Å². The lowest BCUT2D eigenvalue weighted by Crippen LogP contribution is -2.63. The lowest BCUT2D eigenvalue weighted by molar-refractivity contribution is -0.306. The Morgan fingerprint density at radius 3 is 2.64 bits per heavy atom. The Balaban J connectivity index is 1.98. The van der Waals surface area contributed by atoms with Crippen LogP contribution in [0.15, 0.2) is 26.5 Å². The van der Waals surface area contributed by atoms with E-state index in [0.29, 0.717) is 5.56 Å². The Kier molecular flexibility index (Phi) is 6.94. The van der Waals surface area contributed by atoms with Gasteiger partial charge in [-0.2, -0.15) is 5.26 Å². The lowest BCUT2D eigenvalue weighted by atomic mass is 9.89. The maximum atomic E-state index is 12.6. The van der Waals surface area contributed by atoms with Crippen molar-refractivity contribution in [1.29, 1.82) is 5.26 Å². The molecule has 0 radical (unpaired) electrons. The lowest BCUT2D eigenvalue weighted by Gasteiger charge is -2.46. The van der Waals surface area contributed by atoms with Gasteiger partial charge in [-0.3, -0.25) is 0 Å². The van der Waals surface area contributed by atoms with Crippen molar-refractivity contribution in [1.82, 2.24) is 0 Å². The van der Waals surface area contributed by atoms with E-state index in [1.165, 1.54) is 26.2 Å². The standard InChI is InChI=1S/C22H26N2O9/c1-10-13(31-21-17(27)16(26)19(29-5)22(3,4)33-21)7-6-12-15(25)14(20(28)32-18(10)12)11(2)24-30-9-8-23/h6-7,16-17,19,21,25-27H,9H2,1-5H3/t16-,17+,19+,21+/m0/s1. The van der Waals surface area contributed by atoms with Gasteiger partial charge in [0.15, 0.2) is 0 Å². The van der Waals surface area contributed by atoms with Crippen LogP contribution in [0, 0.1) is 18.3 Å². The average Bonchev–Trinajstić information content (AvgIpc) is 2.74. The number of rotatable bonds is 6. The molecule has 1 aromatic carbocycles. The second kappa shape index (κ2) is 9.36. The summed E-state index contributed by atoms with van der Waals surface area (Å²) in [6.07, 6.45) is -4.68. The predicted molar refractivity (Wildman–Crippen MR) is 115 cm³/mol. The Bertz CT molecular complexity index is 1170. The van der Waals surface area contributed by atoms with Crippen molar-refractivity contribution in [2.75, 3.05) is 13.7 Å². The van der Waals surface area contributed by atoms with Crippen LogP contribution in [0.3, 0.4) is 0 Å². The highest BCUT2D eigenvalue weighted by atomic mass is 16.7. The maximum Gasteiger partial charge on any atom is 0.349 e. The van der Waals surface area contributed by atoms with Crippen LogP contribution in [-0.2, 0) is 14.3 Å². The third-order valence-corrected chi connectivity index (χ3v) is 5.48. The number of aliphatic hydroxyl groups excluding tert-OH is 2. The minimum Gasteiger partial charge on any atom is -0.506 e. The fourth-order valence-corrected chi connectivity index (χ4v) is 3.85. The molecular formula is C22H26N2O9. The van der Waals surface area contributed by atoms with Crippen LogP contribution in [0.4, 0.5) is 0 Å². The number of aliphatic hydroxyl groups is 2. The van der Waals surface area contributed by atoms with E-state index in [1.807, 2.05) is 0 Å². The molecule has 1 aliphatic rings. The minimum absolute atomic E-state index is 0.0408. The molecule has 0 unspecified atom stereocenters. The molecule has 0 amide bonds. The number of benzene rings is 1. The van der Waals surface area contributed by atoms with E-state index in [0.717, 1.165) is 0 Å². The minimum atomic E-state index is -1.41. The number of hydrogen-bond donors (Lipinski definition) is 3. The largest absolute Gasteiger partial charge is 0.506 e. The maximum absolute atomic E-state index is 12.6.